The minimum atomic E-state index is -1.21. The second-order valence-electron chi connectivity index (χ2n) is 4.32. The molecule has 0 saturated heterocycles. The molecule has 1 atom stereocenters. The zero-order valence-corrected chi connectivity index (χ0v) is 11.5. The first-order valence-electron chi connectivity index (χ1n) is 5.55. The molecule has 0 saturated carbocycles. The zero-order valence-electron chi connectivity index (χ0n) is 10.7. The quantitative estimate of drug-likeness (QED) is 0.708. The number of nitrogens with zero attached hydrogens (tertiary/aromatic N) is 1. The molecular weight excluding hydrogens is 268 g/mol. The summed E-state index contributed by atoms with van der Waals surface area (Å²) in [7, 11) is 0. The Kier molecular flexibility index (Phi) is 5.31. The van der Waals surface area contributed by atoms with Crippen LogP contribution in [0.15, 0.2) is 18.3 Å². The minimum absolute atomic E-state index is 0.0301. The predicted molar refractivity (Wildman–Crippen MR) is 72.5 cm³/mol. The number of aromatic carboxylic acids is 1. The lowest BCUT2D eigenvalue weighted by molar-refractivity contribution is 0.0680. The van der Waals surface area contributed by atoms with Crippen molar-refractivity contribution in [2.75, 3.05) is 18.6 Å². The van der Waals surface area contributed by atoms with Crippen molar-refractivity contribution < 1.29 is 19.8 Å². The molecule has 1 heterocycles. The Labute approximate surface area is 115 Å². The van der Waals surface area contributed by atoms with Crippen LogP contribution in [-0.2, 0) is 0 Å². The summed E-state index contributed by atoms with van der Waals surface area (Å²) < 4.78 is 0. The minimum Gasteiger partial charge on any atom is -0.478 e. The first-order valence-corrected chi connectivity index (χ1v) is 6.94. The molecule has 1 amide bonds. The smallest absolute Gasteiger partial charge is 0.338 e. The van der Waals surface area contributed by atoms with Gasteiger partial charge < -0.3 is 15.5 Å². The van der Waals surface area contributed by atoms with Crippen molar-refractivity contribution in [3.63, 3.8) is 0 Å². The largest absolute Gasteiger partial charge is 0.478 e. The number of pyridine rings is 1. The van der Waals surface area contributed by atoms with Crippen molar-refractivity contribution in [2.45, 2.75) is 12.5 Å². The number of carbonyl (C=O) groups excluding carboxylic acids is 1. The van der Waals surface area contributed by atoms with Crippen LogP contribution in [0.4, 0.5) is 0 Å². The summed E-state index contributed by atoms with van der Waals surface area (Å²) in [4.78, 5) is 26.6. The van der Waals surface area contributed by atoms with Gasteiger partial charge in [-0.3, -0.25) is 9.78 Å². The number of aromatic nitrogens is 1. The highest BCUT2D eigenvalue weighted by molar-refractivity contribution is 7.98. The van der Waals surface area contributed by atoms with Gasteiger partial charge in [-0.1, -0.05) is 0 Å². The van der Waals surface area contributed by atoms with Crippen LogP contribution in [0.3, 0.4) is 0 Å². The van der Waals surface area contributed by atoms with Gasteiger partial charge in [0, 0.05) is 18.5 Å². The maximum atomic E-state index is 11.9. The van der Waals surface area contributed by atoms with E-state index in [1.807, 2.05) is 6.26 Å². The van der Waals surface area contributed by atoms with Crippen LogP contribution in [0.25, 0.3) is 0 Å². The summed E-state index contributed by atoms with van der Waals surface area (Å²) >= 11 is 1.45. The van der Waals surface area contributed by atoms with Gasteiger partial charge in [0.1, 0.15) is 5.69 Å². The van der Waals surface area contributed by atoms with Gasteiger partial charge in [-0.25, -0.2) is 4.79 Å². The SMILES string of the molecule is CSCC(C)(O)CNC(=O)c1ncccc1C(=O)O. The average Bonchev–Trinajstić information content (AvgIpc) is 2.36. The monoisotopic (exact) mass is 284 g/mol. The molecule has 0 aliphatic rings. The van der Waals surface area contributed by atoms with E-state index >= 15 is 0 Å². The third-order valence-corrected chi connectivity index (χ3v) is 3.25. The molecule has 0 bridgehead atoms. The highest BCUT2D eigenvalue weighted by atomic mass is 32.2. The lowest BCUT2D eigenvalue weighted by Crippen LogP contribution is -2.43. The third kappa shape index (κ3) is 4.53. The number of thioether (sulfide) groups is 1. The standard InChI is InChI=1S/C12H16N2O4S/c1-12(18,7-19-2)6-14-10(15)9-8(11(16)17)4-3-5-13-9/h3-5,18H,6-7H2,1-2H3,(H,14,15)(H,16,17). The van der Waals surface area contributed by atoms with Gasteiger partial charge in [0.2, 0.25) is 0 Å². The Hall–Kier alpha value is -1.60. The van der Waals surface area contributed by atoms with Crippen LogP contribution in [-0.4, -0.2) is 51.2 Å². The summed E-state index contributed by atoms with van der Waals surface area (Å²) in [6.45, 7) is 1.63. The van der Waals surface area contributed by atoms with Gasteiger partial charge in [-0.05, 0) is 25.3 Å². The third-order valence-electron chi connectivity index (χ3n) is 2.34. The lowest BCUT2D eigenvalue weighted by Gasteiger charge is -2.22. The maximum absolute atomic E-state index is 11.9. The Morgan fingerprint density at radius 3 is 2.79 bits per heavy atom. The second-order valence-corrected chi connectivity index (χ2v) is 5.18. The summed E-state index contributed by atoms with van der Waals surface area (Å²) in [6.07, 6.45) is 3.19. The molecule has 0 aliphatic heterocycles. The Morgan fingerprint density at radius 1 is 1.53 bits per heavy atom. The van der Waals surface area contributed by atoms with Gasteiger partial charge >= 0.3 is 5.97 Å². The van der Waals surface area contributed by atoms with Crippen molar-refractivity contribution in [1.82, 2.24) is 10.3 Å². The van der Waals surface area contributed by atoms with Gasteiger partial charge in [-0.2, -0.15) is 11.8 Å². The number of carboxylic acids is 1. The van der Waals surface area contributed by atoms with E-state index in [9.17, 15) is 14.7 Å². The highest BCUT2D eigenvalue weighted by Crippen LogP contribution is 2.10. The fraction of sp³-hybridized carbons (Fsp3) is 0.417. The van der Waals surface area contributed by atoms with E-state index in [2.05, 4.69) is 10.3 Å². The molecule has 0 aliphatic carbocycles. The van der Waals surface area contributed by atoms with E-state index in [0.717, 1.165) is 0 Å². The lowest BCUT2D eigenvalue weighted by atomic mass is 10.1. The van der Waals surface area contributed by atoms with Crippen LogP contribution in [0.5, 0.6) is 0 Å². The summed E-state index contributed by atoms with van der Waals surface area (Å²) in [5.41, 5.74) is -1.37. The predicted octanol–water partition coefficient (Wildman–Crippen LogP) is 0.624. The number of hydrogen-bond acceptors (Lipinski definition) is 5. The Balaban J connectivity index is 2.77. The van der Waals surface area contributed by atoms with Crippen LogP contribution in [0, 0.1) is 0 Å². The Morgan fingerprint density at radius 2 is 2.21 bits per heavy atom. The molecule has 3 N–H and O–H groups in total. The summed E-state index contributed by atoms with van der Waals surface area (Å²) in [5.74, 6) is -1.37. The number of rotatable bonds is 6. The van der Waals surface area contributed by atoms with E-state index in [1.54, 1.807) is 6.92 Å². The molecular formula is C12H16N2O4S. The molecule has 6 nitrogen and oxygen atoms in total. The molecule has 0 radical (unpaired) electrons. The van der Waals surface area contributed by atoms with Gasteiger partial charge in [0.25, 0.3) is 5.91 Å². The van der Waals surface area contributed by atoms with Crippen molar-refractivity contribution in [2.24, 2.45) is 0 Å². The molecule has 19 heavy (non-hydrogen) atoms. The van der Waals surface area contributed by atoms with Crippen molar-refractivity contribution in [3.05, 3.63) is 29.6 Å². The molecule has 0 spiro atoms. The molecule has 1 aromatic rings. The summed E-state index contributed by atoms with van der Waals surface area (Å²) in [6, 6.07) is 2.76. The first kappa shape index (κ1) is 15.5. The topological polar surface area (TPSA) is 99.5 Å². The number of aliphatic hydroxyl groups is 1. The van der Waals surface area contributed by atoms with Crippen molar-refractivity contribution in [3.8, 4) is 0 Å². The fourth-order valence-corrected chi connectivity index (χ4v) is 2.20. The van der Waals surface area contributed by atoms with Gasteiger partial charge in [0.05, 0.1) is 11.2 Å². The number of carbonyl (C=O) groups is 2. The van der Waals surface area contributed by atoms with E-state index in [4.69, 9.17) is 5.11 Å². The van der Waals surface area contributed by atoms with Crippen molar-refractivity contribution >= 4 is 23.6 Å². The highest BCUT2D eigenvalue weighted by Gasteiger charge is 2.23. The zero-order chi connectivity index (χ0) is 14.5. The van der Waals surface area contributed by atoms with E-state index in [1.165, 1.54) is 30.1 Å². The van der Waals surface area contributed by atoms with E-state index in [0.29, 0.717) is 5.75 Å². The molecule has 1 aromatic heterocycles. The van der Waals surface area contributed by atoms with E-state index < -0.39 is 17.5 Å². The number of nitrogens with one attached hydrogen (secondary N) is 1. The molecule has 7 heteroatoms. The number of carboxylic acid groups (broad SMARTS) is 1. The number of hydrogen-bond donors (Lipinski definition) is 3. The molecule has 1 rings (SSSR count). The molecule has 0 fully saturated rings. The fourth-order valence-electron chi connectivity index (χ4n) is 1.48. The second kappa shape index (κ2) is 6.53. The van der Waals surface area contributed by atoms with Gasteiger partial charge in [-0.15, -0.1) is 0 Å². The maximum Gasteiger partial charge on any atom is 0.338 e. The van der Waals surface area contributed by atoms with Crippen LogP contribution >= 0.6 is 11.8 Å². The number of amides is 1. The van der Waals surface area contributed by atoms with E-state index in [-0.39, 0.29) is 17.8 Å². The molecule has 0 aromatic carbocycles. The first-order chi connectivity index (χ1) is 8.87. The Bertz CT molecular complexity index is 477. The molecule has 1 unspecified atom stereocenters. The molecule has 104 valence electrons. The van der Waals surface area contributed by atoms with Crippen LogP contribution in [0.1, 0.15) is 27.8 Å². The van der Waals surface area contributed by atoms with Crippen LogP contribution < -0.4 is 5.32 Å². The average molecular weight is 284 g/mol. The van der Waals surface area contributed by atoms with Crippen molar-refractivity contribution in [1.29, 1.82) is 0 Å². The normalized spacial score (nSPS) is 13.6. The summed E-state index contributed by atoms with van der Waals surface area (Å²) in [5, 5.41) is 21.4. The van der Waals surface area contributed by atoms with Gasteiger partial charge in [0.15, 0.2) is 0 Å². The van der Waals surface area contributed by atoms with Crippen LogP contribution in [0.2, 0.25) is 0 Å².